The monoisotopic (exact) mass is 207 g/mol. The smallest absolute Gasteiger partial charge is 0.151 e. The van der Waals surface area contributed by atoms with Gasteiger partial charge in [-0.05, 0) is 31.4 Å². The van der Waals surface area contributed by atoms with Crippen molar-refractivity contribution in [2.45, 2.75) is 32.3 Å². The number of piperidine rings is 1. The maximum atomic E-state index is 9.39. The summed E-state index contributed by atoms with van der Waals surface area (Å²) in [5, 5.41) is 17.7. The molecule has 1 aromatic heterocycles. The minimum atomic E-state index is -0.135. The third-order valence-electron chi connectivity index (χ3n) is 2.86. The van der Waals surface area contributed by atoms with Gasteiger partial charge in [0.25, 0.3) is 0 Å². The van der Waals surface area contributed by atoms with Crippen LogP contribution in [0.2, 0.25) is 0 Å². The van der Waals surface area contributed by atoms with Crippen LogP contribution in [0.15, 0.2) is 12.1 Å². The Hall–Kier alpha value is -1.16. The van der Waals surface area contributed by atoms with E-state index >= 15 is 0 Å². The third kappa shape index (κ3) is 2.45. The molecule has 1 aromatic rings. The van der Waals surface area contributed by atoms with Gasteiger partial charge in [-0.3, -0.25) is 0 Å². The van der Waals surface area contributed by atoms with Crippen LogP contribution in [-0.4, -0.2) is 34.5 Å². The molecule has 0 aromatic carbocycles. The molecule has 4 nitrogen and oxygen atoms in total. The molecule has 0 aliphatic carbocycles. The summed E-state index contributed by atoms with van der Waals surface area (Å²) in [6, 6.07) is 4.04. The Balaban J connectivity index is 2.03. The number of aliphatic hydroxyl groups is 1. The van der Waals surface area contributed by atoms with Crippen LogP contribution in [0.25, 0.3) is 0 Å². The zero-order valence-electron chi connectivity index (χ0n) is 9.06. The molecule has 15 heavy (non-hydrogen) atoms. The molecule has 0 amide bonds. The van der Waals surface area contributed by atoms with E-state index in [1.165, 1.54) is 0 Å². The molecule has 4 heteroatoms. The fourth-order valence-corrected chi connectivity index (χ4v) is 1.81. The van der Waals surface area contributed by atoms with E-state index in [1.807, 2.05) is 12.1 Å². The lowest BCUT2D eigenvalue weighted by molar-refractivity contribution is 0.145. The van der Waals surface area contributed by atoms with Gasteiger partial charge in [-0.25, -0.2) is 0 Å². The summed E-state index contributed by atoms with van der Waals surface area (Å²) >= 11 is 0. The molecule has 1 N–H and O–H groups in total. The molecule has 0 bridgehead atoms. The predicted octanol–water partition coefficient (Wildman–Crippen LogP) is 1.00. The largest absolute Gasteiger partial charge is 0.393 e. The zero-order valence-corrected chi connectivity index (χ0v) is 9.06. The van der Waals surface area contributed by atoms with Crippen LogP contribution < -0.4 is 4.90 Å². The molecule has 2 rings (SSSR count). The number of nitrogens with zero attached hydrogens (tertiary/aromatic N) is 3. The molecule has 0 radical (unpaired) electrons. The van der Waals surface area contributed by atoms with Gasteiger partial charge >= 0.3 is 0 Å². The van der Waals surface area contributed by atoms with Gasteiger partial charge in [0, 0.05) is 13.1 Å². The van der Waals surface area contributed by atoms with Crippen LogP contribution in [0.5, 0.6) is 0 Å². The second-order valence-electron chi connectivity index (χ2n) is 3.95. The van der Waals surface area contributed by atoms with Crippen molar-refractivity contribution in [2.24, 2.45) is 0 Å². The van der Waals surface area contributed by atoms with Crippen molar-refractivity contribution < 1.29 is 5.11 Å². The third-order valence-corrected chi connectivity index (χ3v) is 2.86. The summed E-state index contributed by atoms with van der Waals surface area (Å²) < 4.78 is 0. The molecule has 1 fully saturated rings. The van der Waals surface area contributed by atoms with Gasteiger partial charge in [0.05, 0.1) is 11.8 Å². The Morgan fingerprint density at radius 1 is 1.33 bits per heavy atom. The predicted molar refractivity (Wildman–Crippen MR) is 58.9 cm³/mol. The van der Waals surface area contributed by atoms with Gasteiger partial charge < -0.3 is 10.0 Å². The number of aryl methyl sites for hydroxylation is 1. The van der Waals surface area contributed by atoms with Gasteiger partial charge in [-0.15, -0.1) is 5.10 Å². The van der Waals surface area contributed by atoms with E-state index in [-0.39, 0.29) is 6.10 Å². The number of rotatable bonds is 2. The highest BCUT2D eigenvalue weighted by molar-refractivity contribution is 5.37. The lowest BCUT2D eigenvalue weighted by Crippen LogP contribution is -2.36. The highest BCUT2D eigenvalue weighted by atomic mass is 16.3. The van der Waals surface area contributed by atoms with Crippen LogP contribution in [0, 0.1) is 0 Å². The molecular weight excluding hydrogens is 190 g/mol. The van der Waals surface area contributed by atoms with Crippen molar-refractivity contribution in [3.8, 4) is 0 Å². The van der Waals surface area contributed by atoms with E-state index < -0.39 is 0 Å². The Bertz CT molecular complexity index is 304. The maximum absolute atomic E-state index is 9.39. The molecule has 0 spiro atoms. The van der Waals surface area contributed by atoms with E-state index in [2.05, 4.69) is 22.0 Å². The van der Waals surface area contributed by atoms with E-state index in [0.29, 0.717) is 0 Å². The first-order valence-electron chi connectivity index (χ1n) is 5.55. The first-order valence-corrected chi connectivity index (χ1v) is 5.55. The average Bonchev–Trinajstić information content (AvgIpc) is 2.30. The number of anilines is 1. The first kappa shape index (κ1) is 10.4. The highest BCUT2D eigenvalue weighted by Crippen LogP contribution is 2.16. The lowest BCUT2D eigenvalue weighted by Gasteiger charge is -2.30. The van der Waals surface area contributed by atoms with Crippen LogP contribution >= 0.6 is 0 Å². The number of hydrogen-bond donors (Lipinski definition) is 1. The summed E-state index contributed by atoms with van der Waals surface area (Å²) in [6.07, 6.45) is 2.45. The van der Waals surface area contributed by atoms with E-state index in [1.54, 1.807) is 0 Å². The summed E-state index contributed by atoms with van der Waals surface area (Å²) in [7, 11) is 0. The van der Waals surface area contributed by atoms with E-state index in [9.17, 15) is 5.11 Å². The van der Waals surface area contributed by atoms with Gasteiger partial charge in [-0.2, -0.15) is 5.10 Å². The van der Waals surface area contributed by atoms with Crippen molar-refractivity contribution in [3.05, 3.63) is 17.8 Å². The average molecular weight is 207 g/mol. The molecule has 2 heterocycles. The Kier molecular flexibility index (Phi) is 3.16. The molecule has 0 atom stereocenters. The van der Waals surface area contributed by atoms with Crippen molar-refractivity contribution in [2.75, 3.05) is 18.0 Å². The van der Waals surface area contributed by atoms with Crippen LogP contribution in [0.3, 0.4) is 0 Å². The maximum Gasteiger partial charge on any atom is 0.151 e. The lowest BCUT2D eigenvalue weighted by atomic mass is 10.1. The van der Waals surface area contributed by atoms with Gasteiger partial charge in [0.15, 0.2) is 5.82 Å². The van der Waals surface area contributed by atoms with Crippen molar-refractivity contribution >= 4 is 5.82 Å². The molecule has 0 saturated carbocycles. The molecule has 0 unspecified atom stereocenters. The summed E-state index contributed by atoms with van der Waals surface area (Å²) in [5.41, 5.74) is 1.02. The summed E-state index contributed by atoms with van der Waals surface area (Å²) in [6.45, 7) is 3.82. The Morgan fingerprint density at radius 3 is 2.60 bits per heavy atom. The van der Waals surface area contributed by atoms with Gasteiger partial charge in [0.1, 0.15) is 0 Å². The summed E-state index contributed by atoms with van der Waals surface area (Å²) in [4.78, 5) is 2.18. The number of aliphatic hydroxyl groups excluding tert-OH is 1. The Labute approximate surface area is 89.9 Å². The normalized spacial score (nSPS) is 18.1. The van der Waals surface area contributed by atoms with Gasteiger partial charge in [-0.1, -0.05) is 6.92 Å². The second-order valence-corrected chi connectivity index (χ2v) is 3.95. The van der Waals surface area contributed by atoms with Crippen molar-refractivity contribution in [1.82, 2.24) is 10.2 Å². The summed E-state index contributed by atoms with van der Waals surface area (Å²) in [5.74, 6) is 0.930. The fourth-order valence-electron chi connectivity index (χ4n) is 1.81. The molecule has 1 saturated heterocycles. The highest BCUT2D eigenvalue weighted by Gasteiger charge is 2.17. The SMILES string of the molecule is CCc1ccc(N2CCC(O)CC2)nn1. The minimum Gasteiger partial charge on any atom is -0.393 e. The molecule has 82 valence electrons. The van der Waals surface area contributed by atoms with Crippen LogP contribution in [0.4, 0.5) is 5.82 Å². The van der Waals surface area contributed by atoms with Gasteiger partial charge in [0.2, 0.25) is 0 Å². The van der Waals surface area contributed by atoms with Crippen molar-refractivity contribution in [3.63, 3.8) is 0 Å². The first-order chi connectivity index (χ1) is 7.29. The fraction of sp³-hybridized carbons (Fsp3) is 0.636. The van der Waals surface area contributed by atoms with Crippen molar-refractivity contribution in [1.29, 1.82) is 0 Å². The topological polar surface area (TPSA) is 49.2 Å². The van der Waals surface area contributed by atoms with E-state index in [0.717, 1.165) is 43.9 Å². The zero-order chi connectivity index (χ0) is 10.7. The number of hydrogen-bond acceptors (Lipinski definition) is 4. The van der Waals surface area contributed by atoms with Crippen LogP contribution in [-0.2, 0) is 6.42 Å². The Morgan fingerprint density at radius 2 is 2.07 bits per heavy atom. The minimum absolute atomic E-state index is 0.135. The van der Waals surface area contributed by atoms with E-state index in [4.69, 9.17) is 0 Å². The van der Waals surface area contributed by atoms with Crippen LogP contribution in [0.1, 0.15) is 25.5 Å². The molecule has 1 aliphatic rings. The molecule has 1 aliphatic heterocycles. The quantitative estimate of drug-likeness (QED) is 0.786. The number of aromatic nitrogens is 2. The standard InChI is InChI=1S/C11H17N3O/c1-2-9-3-4-11(13-12-9)14-7-5-10(15)6-8-14/h3-4,10,15H,2,5-8H2,1H3. The second kappa shape index (κ2) is 4.57. The molecular formula is C11H17N3O.